The van der Waals surface area contributed by atoms with Crippen LogP contribution >= 0.6 is 0 Å². The zero-order valence-corrected chi connectivity index (χ0v) is 35.3. The number of methoxy groups -OCH3 is 1. The second-order valence-corrected chi connectivity index (χ2v) is 19.6. The van der Waals surface area contributed by atoms with Crippen LogP contribution in [0.4, 0.5) is 15.1 Å². The minimum absolute atomic E-state index is 0.0398. The van der Waals surface area contributed by atoms with Crippen molar-refractivity contribution < 1.29 is 46.2 Å². The number of nitrogens with zero attached hydrogens (tertiary/aromatic N) is 4. The van der Waals surface area contributed by atoms with E-state index in [1.807, 2.05) is 19.9 Å². The molecule has 2 saturated carbocycles. The molecular weight excluding hydrogens is 774 g/mol. The number of alkyl carbamates (subject to hydrolysis) is 1. The van der Waals surface area contributed by atoms with Gasteiger partial charge in [0.1, 0.15) is 46.5 Å². The third kappa shape index (κ3) is 8.95. The lowest BCUT2D eigenvalue weighted by molar-refractivity contribution is -0.142. The number of ether oxygens (including phenoxy) is 3. The molecule has 1 saturated heterocycles. The van der Waals surface area contributed by atoms with Crippen molar-refractivity contribution in [3.8, 4) is 11.6 Å². The minimum atomic E-state index is -4.40. The normalized spacial score (nSPS) is 29.1. The quantitative estimate of drug-likeness (QED) is 0.310. The van der Waals surface area contributed by atoms with Crippen LogP contribution in [0.1, 0.15) is 79.6 Å². The van der Waals surface area contributed by atoms with Gasteiger partial charge < -0.3 is 34.6 Å². The maximum atomic E-state index is 14.9. The Morgan fingerprint density at radius 1 is 1.12 bits per heavy atom. The third-order valence-corrected chi connectivity index (χ3v) is 13.6. The van der Waals surface area contributed by atoms with Crippen molar-refractivity contribution in [2.24, 2.45) is 17.8 Å². The van der Waals surface area contributed by atoms with Gasteiger partial charge in [0.05, 0.1) is 24.6 Å². The summed E-state index contributed by atoms with van der Waals surface area (Å²) in [6.07, 6.45) is 4.22. The molecule has 318 valence electrons. The first-order chi connectivity index (χ1) is 27.2. The van der Waals surface area contributed by atoms with E-state index < -0.39 is 86.4 Å². The average Bonchev–Trinajstić information content (AvgIpc) is 4.05. The lowest BCUT2D eigenvalue weighted by Crippen LogP contribution is -2.59. The molecule has 0 radical (unpaired) electrons. The standard InChI is InChI=1S/C40H56FN7O9S/c1-23-11-9-10-12-25-20-40(25,35(51)46-58(53,54)39(22-41)15-16-39)45-32(49)30-19-27(21-48(30)34(50)31(24(2)17-23)43-37(52)57-38(3,4)5)56-33-28-14-13-26(55-8)18-29(28)42-36(44-33)47(6)7/h10,12-14,18,23-25,27,30-31H,9,11,15-17,19-22H2,1-8H3,(H,43,52)(H,45,49)(H,46,51)/b12-10-/t23-,24-,25?,27-,30+,31+,40-/m1/s1. The van der Waals surface area contributed by atoms with Crippen LogP contribution in [-0.2, 0) is 29.1 Å². The van der Waals surface area contributed by atoms with Gasteiger partial charge >= 0.3 is 6.09 Å². The summed E-state index contributed by atoms with van der Waals surface area (Å²) >= 11 is 0. The number of anilines is 1. The maximum Gasteiger partial charge on any atom is 0.408 e. The topological polar surface area (TPSA) is 198 Å². The van der Waals surface area contributed by atoms with Gasteiger partial charge in [0.25, 0.3) is 5.91 Å². The van der Waals surface area contributed by atoms with E-state index in [1.165, 1.54) is 4.90 Å². The van der Waals surface area contributed by atoms with Gasteiger partial charge in [-0.1, -0.05) is 26.0 Å². The molecule has 58 heavy (non-hydrogen) atoms. The van der Waals surface area contributed by atoms with E-state index in [0.717, 1.165) is 6.42 Å². The molecule has 7 atom stereocenters. The Bertz CT molecular complexity index is 2070. The lowest BCUT2D eigenvalue weighted by Gasteiger charge is -2.33. The van der Waals surface area contributed by atoms with Crippen LogP contribution in [0.25, 0.3) is 10.9 Å². The number of halogens is 1. The predicted octanol–water partition coefficient (Wildman–Crippen LogP) is 3.78. The maximum absolute atomic E-state index is 14.9. The molecule has 3 fully saturated rings. The van der Waals surface area contributed by atoms with Crippen LogP contribution in [0.5, 0.6) is 11.6 Å². The molecule has 3 heterocycles. The van der Waals surface area contributed by atoms with Crippen LogP contribution in [0.3, 0.4) is 0 Å². The number of benzene rings is 1. The summed E-state index contributed by atoms with van der Waals surface area (Å²) in [7, 11) is 0.699. The number of alkyl halides is 1. The summed E-state index contributed by atoms with van der Waals surface area (Å²) in [4.78, 5) is 69.0. The van der Waals surface area contributed by atoms with E-state index in [0.29, 0.717) is 35.4 Å². The fourth-order valence-electron chi connectivity index (χ4n) is 7.83. The predicted molar refractivity (Wildman–Crippen MR) is 213 cm³/mol. The first-order valence-electron chi connectivity index (χ1n) is 19.8. The number of carbonyl (C=O) groups excluding carboxylic acids is 4. The lowest BCUT2D eigenvalue weighted by atomic mass is 9.88. The highest BCUT2D eigenvalue weighted by Crippen LogP contribution is 2.48. The smallest absolute Gasteiger partial charge is 0.408 e. The summed E-state index contributed by atoms with van der Waals surface area (Å²) < 4.78 is 58.3. The summed E-state index contributed by atoms with van der Waals surface area (Å²) in [6.45, 7) is 7.82. The minimum Gasteiger partial charge on any atom is -0.497 e. The Labute approximate surface area is 339 Å². The molecule has 16 nitrogen and oxygen atoms in total. The van der Waals surface area contributed by atoms with Gasteiger partial charge in [-0.25, -0.2) is 22.6 Å². The van der Waals surface area contributed by atoms with E-state index in [9.17, 15) is 32.0 Å². The molecule has 2 aromatic rings. The van der Waals surface area contributed by atoms with Crippen LogP contribution in [0, 0.1) is 17.8 Å². The van der Waals surface area contributed by atoms with Gasteiger partial charge in [-0.15, -0.1) is 0 Å². The number of amides is 4. The first kappa shape index (κ1) is 42.9. The van der Waals surface area contributed by atoms with Gasteiger partial charge in [-0.05, 0) is 83.3 Å². The molecule has 6 rings (SSSR count). The number of aromatic nitrogens is 2. The van der Waals surface area contributed by atoms with Crippen molar-refractivity contribution in [3.05, 3.63) is 30.4 Å². The molecule has 0 bridgehead atoms. The van der Waals surface area contributed by atoms with Gasteiger partial charge in [0.2, 0.25) is 33.7 Å². The number of carbonyl (C=O) groups is 4. The molecule has 2 aliphatic carbocycles. The SMILES string of the molecule is COc1ccc2c(O[C@@H]3C[C@H]4C(=O)N[C@]5(C(=O)NS(=O)(=O)C6(CF)CC6)CC5/C=C\CC[C@@H](C)C[C@@H](C)[C@H](NC(=O)OC(C)(C)C)C(=O)N4C3)nc(N(C)C)nc2c1. The van der Waals surface area contributed by atoms with Crippen LogP contribution < -0.4 is 29.7 Å². The number of allylic oxidation sites excluding steroid dienone is 1. The molecule has 1 aromatic carbocycles. The van der Waals surface area contributed by atoms with Gasteiger partial charge in [-0.3, -0.25) is 19.1 Å². The van der Waals surface area contributed by atoms with E-state index in [4.69, 9.17) is 14.2 Å². The number of hydrogen-bond donors (Lipinski definition) is 3. The van der Waals surface area contributed by atoms with Gasteiger partial charge in [0.15, 0.2) is 0 Å². The van der Waals surface area contributed by atoms with Crippen molar-refractivity contribution in [3.63, 3.8) is 0 Å². The summed E-state index contributed by atoms with van der Waals surface area (Å²) in [5.41, 5.74) is -1.99. The average molecular weight is 830 g/mol. The fourth-order valence-corrected chi connectivity index (χ4v) is 9.25. The number of nitrogens with one attached hydrogen (secondary N) is 3. The largest absolute Gasteiger partial charge is 0.497 e. The van der Waals surface area contributed by atoms with Gasteiger partial charge in [-0.2, -0.15) is 4.98 Å². The second kappa shape index (κ2) is 16.1. The molecule has 4 aliphatic rings. The summed E-state index contributed by atoms with van der Waals surface area (Å²) in [6, 6.07) is 2.91. The summed E-state index contributed by atoms with van der Waals surface area (Å²) in [5, 5.41) is 6.18. The fraction of sp³-hybridized carbons (Fsp3) is 0.650. The highest BCUT2D eigenvalue weighted by atomic mass is 32.2. The van der Waals surface area contributed by atoms with Crippen molar-refractivity contribution in [1.82, 2.24) is 30.2 Å². The van der Waals surface area contributed by atoms with Gasteiger partial charge in [0, 0.05) is 32.5 Å². The molecule has 18 heteroatoms. The molecular formula is C40H56FN7O9S. The Morgan fingerprint density at radius 2 is 1.84 bits per heavy atom. The van der Waals surface area contributed by atoms with E-state index in [1.54, 1.807) is 71.2 Å². The Morgan fingerprint density at radius 3 is 2.48 bits per heavy atom. The summed E-state index contributed by atoms with van der Waals surface area (Å²) in [5.74, 6) is -1.95. The van der Waals surface area contributed by atoms with Crippen LogP contribution in [0.2, 0.25) is 0 Å². The third-order valence-electron chi connectivity index (χ3n) is 11.5. The van der Waals surface area contributed by atoms with E-state index in [-0.39, 0.29) is 44.0 Å². The molecule has 3 N–H and O–H groups in total. The van der Waals surface area contributed by atoms with Crippen LogP contribution in [0.15, 0.2) is 30.4 Å². The Hall–Kier alpha value is -4.74. The highest BCUT2D eigenvalue weighted by molar-refractivity contribution is 7.91. The number of rotatable bonds is 9. The Balaban J connectivity index is 1.37. The number of hydrogen-bond acceptors (Lipinski definition) is 12. The zero-order valence-electron chi connectivity index (χ0n) is 34.5. The zero-order chi connectivity index (χ0) is 42.4. The number of sulfonamides is 1. The van der Waals surface area contributed by atoms with Crippen LogP contribution in [-0.4, -0.2) is 116 Å². The molecule has 2 aliphatic heterocycles. The van der Waals surface area contributed by atoms with Crippen molar-refractivity contribution >= 4 is 50.7 Å². The van der Waals surface area contributed by atoms with E-state index in [2.05, 4.69) is 25.3 Å². The molecule has 1 unspecified atom stereocenters. The molecule has 4 amide bonds. The monoisotopic (exact) mass is 829 g/mol. The number of fused-ring (bicyclic) bond motifs is 3. The van der Waals surface area contributed by atoms with Crippen molar-refractivity contribution in [2.75, 3.05) is 39.3 Å². The van der Waals surface area contributed by atoms with Crippen molar-refractivity contribution in [2.45, 2.75) is 114 Å². The molecule has 1 aromatic heterocycles. The van der Waals surface area contributed by atoms with E-state index >= 15 is 0 Å². The first-order valence-corrected chi connectivity index (χ1v) is 21.3. The molecule has 0 spiro atoms. The Kier molecular flexibility index (Phi) is 11.9. The van der Waals surface area contributed by atoms with Crippen molar-refractivity contribution in [1.29, 1.82) is 0 Å². The second-order valence-electron chi connectivity index (χ2n) is 17.6. The highest BCUT2D eigenvalue weighted by Gasteiger charge is 2.64.